The maximum atomic E-state index is 13.9. The van der Waals surface area contributed by atoms with Crippen molar-refractivity contribution >= 4 is 39.9 Å². The Bertz CT molecular complexity index is 1650. The van der Waals surface area contributed by atoms with Gasteiger partial charge in [0.05, 0.1) is 11.8 Å². The van der Waals surface area contributed by atoms with E-state index in [2.05, 4.69) is 10.0 Å². The molecule has 1 unspecified atom stereocenters. The van der Waals surface area contributed by atoms with Gasteiger partial charge in [-0.2, -0.15) is 0 Å². The predicted molar refractivity (Wildman–Crippen MR) is 184 cm³/mol. The van der Waals surface area contributed by atoms with E-state index in [-0.39, 0.29) is 43.5 Å². The predicted octanol–water partition coefficient (Wildman–Crippen LogP) is 2.94. The lowest BCUT2D eigenvalue weighted by molar-refractivity contribution is -0.139. The van der Waals surface area contributed by atoms with Crippen LogP contribution in [0.2, 0.25) is 0 Å². The van der Waals surface area contributed by atoms with E-state index < -0.39 is 69.0 Å². The lowest BCUT2D eigenvalue weighted by Gasteiger charge is -2.28. The van der Waals surface area contributed by atoms with Gasteiger partial charge >= 0.3 is 12.2 Å². The Morgan fingerprint density at radius 2 is 1.78 bits per heavy atom. The average molecular weight is 732 g/mol. The number of hydrogen-bond donors (Lipinski definition) is 4. The van der Waals surface area contributed by atoms with Gasteiger partial charge in [-0.25, -0.2) is 18.0 Å². The maximum absolute atomic E-state index is 13.9. The number of primary amides is 1. The lowest BCUT2D eigenvalue weighted by Crippen LogP contribution is -2.53. The first-order chi connectivity index (χ1) is 24.0. The molecule has 0 bridgehead atoms. The summed E-state index contributed by atoms with van der Waals surface area (Å²) in [5, 5.41) is 12.0. The maximum Gasteiger partial charge on any atom is 0.410 e. The second-order valence-corrected chi connectivity index (χ2v) is 16.9. The molecule has 2 aliphatic carbocycles. The van der Waals surface area contributed by atoms with Crippen LogP contribution >= 0.6 is 0 Å². The highest BCUT2D eigenvalue weighted by Crippen LogP contribution is 2.40. The molecule has 51 heavy (non-hydrogen) atoms. The van der Waals surface area contributed by atoms with Crippen molar-refractivity contribution in [3.8, 4) is 5.75 Å². The smallest absolute Gasteiger partial charge is 0.410 e. The molecule has 0 radical (unpaired) electrons. The highest BCUT2D eigenvalue weighted by atomic mass is 32.2. The molecule has 3 fully saturated rings. The highest BCUT2D eigenvalue weighted by molar-refractivity contribution is 7.90. The first kappa shape index (κ1) is 37.9. The number of unbranched alkanes of at least 4 members (excludes halogenated alkanes) is 3. The van der Waals surface area contributed by atoms with Crippen LogP contribution in [0, 0.1) is 11.8 Å². The molecule has 2 saturated carbocycles. The van der Waals surface area contributed by atoms with Gasteiger partial charge < -0.3 is 30.5 Å². The van der Waals surface area contributed by atoms with Crippen LogP contribution in [-0.4, -0.2) is 88.8 Å². The van der Waals surface area contributed by atoms with E-state index in [4.69, 9.17) is 15.2 Å². The van der Waals surface area contributed by atoms with Crippen molar-refractivity contribution in [2.45, 2.75) is 121 Å². The second-order valence-electron chi connectivity index (χ2n) is 14.9. The zero-order valence-corrected chi connectivity index (χ0v) is 30.2. The van der Waals surface area contributed by atoms with Gasteiger partial charge in [0.2, 0.25) is 27.7 Å². The van der Waals surface area contributed by atoms with E-state index in [1.807, 2.05) is 12.2 Å². The number of nitrogens with zero attached hydrogens (tertiary/aromatic N) is 2. The van der Waals surface area contributed by atoms with Crippen LogP contribution in [-0.2, 0) is 47.0 Å². The number of alkyl carbamates (subject to hydrolysis) is 1. The zero-order chi connectivity index (χ0) is 37.1. The fraction of sp³-hybridized carbons (Fsp3) is 0.629. The standard InChI is InChI=1S/C35H49N5O10S/c1-35(2,3)50-33(45)37-28(10-8-6-4-5-7-9-21-16-27(21)31(43)38-51(47,48)26-13-14-26)32(44)40-20-25(17-29(40)30(36)42)49-34(46)39-18-22-11-12-24(41)15-23(22)19-39/h7,9,11-12,15,21,25-29,41H,4-6,8,10,13-14,16-20H2,1-3H3,(H2,36,42)(H,37,45)(H,38,43)/b9-7-/t21-,25-,27+,28+,29?/m1/s1. The van der Waals surface area contributed by atoms with Crippen LogP contribution in [0.5, 0.6) is 5.75 Å². The third-order valence-electron chi connectivity index (χ3n) is 9.43. The van der Waals surface area contributed by atoms with Gasteiger partial charge in [0, 0.05) is 25.4 Å². The zero-order valence-electron chi connectivity index (χ0n) is 29.3. The number of nitrogens with two attached hydrogens (primary N) is 1. The van der Waals surface area contributed by atoms with Crippen molar-refractivity contribution in [3.63, 3.8) is 0 Å². The van der Waals surface area contributed by atoms with E-state index in [1.165, 1.54) is 9.80 Å². The molecule has 280 valence electrons. The van der Waals surface area contributed by atoms with Crippen molar-refractivity contribution in [2.24, 2.45) is 17.6 Å². The number of rotatable bonds is 14. The van der Waals surface area contributed by atoms with E-state index in [9.17, 15) is 37.5 Å². The number of carbonyl (C=O) groups excluding carboxylic acids is 5. The van der Waals surface area contributed by atoms with Gasteiger partial charge in [-0.05, 0) is 88.5 Å². The molecule has 0 spiro atoms. The molecule has 1 aromatic rings. The van der Waals surface area contributed by atoms with Crippen LogP contribution < -0.4 is 15.8 Å². The third kappa shape index (κ3) is 10.4. The number of phenols is 1. The summed E-state index contributed by atoms with van der Waals surface area (Å²) in [5.74, 6) is -1.94. The van der Waals surface area contributed by atoms with Gasteiger partial charge in [-0.1, -0.05) is 31.1 Å². The van der Waals surface area contributed by atoms with E-state index >= 15 is 0 Å². The Balaban J connectivity index is 1.11. The number of allylic oxidation sites excluding steroid dienone is 2. The molecular weight excluding hydrogens is 682 g/mol. The fourth-order valence-corrected chi connectivity index (χ4v) is 7.85. The number of fused-ring (bicyclic) bond motifs is 1. The number of carbonyl (C=O) groups is 5. The molecule has 4 aliphatic rings. The fourth-order valence-electron chi connectivity index (χ4n) is 6.50. The van der Waals surface area contributed by atoms with Crippen molar-refractivity contribution in [3.05, 3.63) is 41.5 Å². The van der Waals surface area contributed by atoms with Crippen molar-refractivity contribution < 1.29 is 47.0 Å². The van der Waals surface area contributed by atoms with Gasteiger partial charge in [-0.3, -0.25) is 24.0 Å². The largest absolute Gasteiger partial charge is 0.508 e. The van der Waals surface area contributed by atoms with Crippen molar-refractivity contribution in [1.29, 1.82) is 0 Å². The minimum absolute atomic E-state index is 0.0136. The molecule has 5 amide bonds. The lowest BCUT2D eigenvalue weighted by atomic mass is 10.0. The number of aromatic hydroxyl groups is 1. The number of amides is 5. The quantitative estimate of drug-likeness (QED) is 0.162. The molecule has 16 heteroatoms. The summed E-state index contributed by atoms with van der Waals surface area (Å²) >= 11 is 0. The molecule has 0 aromatic heterocycles. The SMILES string of the molecule is CC(C)(C)OC(=O)N[C@@H](CCCCC/C=C\[C@@H]1C[C@@H]1C(=O)NS(=O)(=O)C1CC1)C(=O)N1C[C@H](OC(=O)N2Cc3ccc(O)cc3C2)CC1C(N)=O. The van der Waals surface area contributed by atoms with Crippen molar-refractivity contribution in [2.75, 3.05) is 6.54 Å². The van der Waals surface area contributed by atoms with Gasteiger partial charge in [0.1, 0.15) is 29.5 Å². The summed E-state index contributed by atoms with van der Waals surface area (Å²) in [6.07, 6.45) is 6.56. The van der Waals surface area contributed by atoms with E-state index in [0.717, 1.165) is 24.0 Å². The van der Waals surface area contributed by atoms with Crippen LogP contribution in [0.1, 0.15) is 89.7 Å². The van der Waals surface area contributed by atoms with Crippen LogP contribution in [0.3, 0.4) is 0 Å². The number of benzene rings is 1. The molecule has 5 N–H and O–H groups in total. The summed E-state index contributed by atoms with van der Waals surface area (Å²) in [6, 6.07) is 2.82. The highest BCUT2D eigenvalue weighted by Gasteiger charge is 2.45. The number of hydrogen-bond acceptors (Lipinski definition) is 10. The minimum Gasteiger partial charge on any atom is -0.508 e. The molecule has 5 atom stereocenters. The van der Waals surface area contributed by atoms with Crippen LogP contribution in [0.15, 0.2) is 30.4 Å². The molecule has 15 nitrogen and oxygen atoms in total. The molecule has 5 rings (SSSR count). The summed E-state index contributed by atoms with van der Waals surface area (Å²) in [6.45, 7) is 5.57. The van der Waals surface area contributed by atoms with Gasteiger partial charge in [-0.15, -0.1) is 0 Å². The Labute approximate surface area is 298 Å². The summed E-state index contributed by atoms with van der Waals surface area (Å²) in [5.41, 5.74) is 6.56. The molecule has 2 heterocycles. The first-order valence-corrected chi connectivity index (χ1v) is 19.1. The Kier molecular flexibility index (Phi) is 11.5. The summed E-state index contributed by atoms with van der Waals surface area (Å²) in [4.78, 5) is 67.1. The number of likely N-dealkylation sites (tertiary alicyclic amines) is 1. The molecule has 1 aromatic carbocycles. The number of ether oxygens (including phenoxy) is 2. The number of phenolic OH excluding ortho intramolecular Hbond substituents is 1. The average Bonchev–Trinajstić information content (AvgIpc) is 3.95. The summed E-state index contributed by atoms with van der Waals surface area (Å²) < 4.78 is 37.4. The third-order valence-corrected chi connectivity index (χ3v) is 11.3. The Hall–Kier alpha value is -4.34. The molecular formula is C35H49N5O10S. The number of sulfonamides is 1. The second kappa shape index (κ2) is 15.5. The Morgan fingerprint density at radius 3 is 2.47 bits per heavy atom. The Morgan fingerprint density at radius 1 is 1.06 bits per heavy atom. The van der Waals surface area contributed by atoms with Gasteiger partial charge in [0.15, 0.2) is 0 Å². The van der Waals surface area contributed by atoms with E-state index in [1.54, 1.807) is 39.0 Å². The van der Waals surface area contributed by atoms with E-state index in [0.29, 0.717) is 38.6 Å². The minimum atomic E-state index is -3.55. The normalized spacial score (nSPS) is 23.4. The first-order valence-electron chi connectivity index (χ1n) is 17.6. The topological polar surface area (TPSA) is 215 Å². The summed E-state index contributed by atoms with van der Waals surface area (Å²) in [7, 11) is -3.55. The molecule has 1 saturated heterocycles. The van der Waals surface area contributed by atoms with Crippen LogP contribution in [0.4, 0.5) is 9.59 Å². The number of nitrogens with one attached hydrogen (secondary N) is 2. The van der Waals surface area contributed by atoms with Gasteiger partial charge in [0.25, 0.3) is 0 Å². The van der Waals surface area contributed by atoms with Crippen molar-refractivity contribution in [1.82, 2.24) is 19.8 Å². The molecule has 2 aliphatic heterocycles. The monoisotopic (exact) mass is 731 g/mol. The van der Waals surface area contributed by atoms with Crippen LogP contribution in [0.25, 0.3) is 0 Å².